The Kier molecular flexibility index (Phi) is 3.99. The minimum absolute atomic E-state index is 0.0100. The van der Waals surface area contributed by atoms with E-state index in [4.69, 9.17) is 0 Å². The average Bonchev–Trinajstić information content (AvgIpc) is 2.82. The monoisotopic (exact) mass is 306 g/mol. The zero-order chi connectivity index (χ0) is 17.0. The Morgan fingerprint density at radius 1 is 0.864 bits per heavy atom. The van der Waals surface area contributed by atoms with Crippen LogP contribution in [0.25, 0.3) is 0 Å². The highest BCUT2D eigenvalue weighted by molar-refractivity contribution is 5.93. The van der Waals surface area contributed by atoms with Crippen molar-refractivity contribution >= 4 is 5.78 Å². The molecule has 3 heteroatoms. The van der Waals surface area contributed by atoms with Gasteiger partial charge in [0.25, 0.3) is 0 Å². The Hall–Kier alpha value is -0.930. The first-order valence-electron chi connectivity index (χ1n) is 8.14. The molecule has 0 bridgehead atoms. The predicted octanol–water partition coefficient (Wildman–Crippen LogP) is 3.27. The van der Waals surface area contributed by atoms with Gasteiger partial charge in [0.1, 0.15) is 5.78 Å². The van der Waals surface area contributed by atoms with Crippen LogP contribution in [0.3, 0.4) is 0 Å². The molecule has 124 valence electrons. The largest absolute Gasteiger partial charge is 0.392 e. The lowest BCUT2D eigenvalue weighted by atomic mass is 9.53. The van der Waals surface area contributed by atoms with Crippen molar-refractivity contribution < 1.29 is 15.0 Å². The van der Waals surface area contributed by atoms with Crippen molar-refractivity contribution in [2.24, 2.45) is 21.7 Å². The van der Waals surface area contributed by atoms with Gasteiger partial charge in [-0.05, 0) is 24.0 Å². The summed E-state index contributed by atoms with van der Waals surface area (Å²) >= 11 is 0. The van der Waals surface area contributed by atoms with E-state index in [1.807, 2.05) is 26.0 Å². The number of carbonyl (C=O) groups excluding carboxylic acids is 1. The highest BCUT2D eigenvalue weighted by Crippen LogP contribution is 2.61. The molecule has 2 N–H and O–H groups in total. The third-order valence-corrected chi connectivity index (χ3v) is 7.22. The Balaban J connectivity index is 2.42. The van der Waals surface area contributed by atoms with Crippen LogP contribution in [0.1, 0.15) is 54.4 Å². The molecule has 0 saturated carbocycles. The summed E-state index contributed by atoms with van der Waals surface area (Å²) in [6, 6.07) is 0. The van der Waals surface area contributed by atoms with Gasteiger partial charge in [0.15, 0.2) is 0 Å². The number of hydrogen-bond acceptors (Lipinski definition) is 3. The summed E-state index contributed by atoms with van der Waals surface area (Å²) in [5.41, 5.74) is 0.182. The lowest BCUT2D eigenvalue weighted by Gasteiger charge is -2.48. The smallest absolute Gasteiger partial charge is 0.146 e. The molecule has 0 aromatic rings. The lowest BCUT2D eigenvalue weighted by Crippen LogP contribution is -2.52. The minimum Gasteiger partial charge on any atom is -0.392 e. The molecule has 0 unspecified atom stereocenters. The van der Waals surface area contributed by atoms with Gasteiger partial charge in [0.2, 0.25) is 0 Å². The van der Waals surface area contributed by atoms with Gasteiger partial charge in [-0.15, -0.1) is 0 Å². The molecule has 0 heterocycles. The average molecular weight is 306 g/mol. The molecule has 2 rings (SSSR count). The molecule has 2 aliphatic rings. The number of aliphatic hydroxyl groups excluding tert-OH is 2. The zero-order valence-electron chi connectivity index (χ0n) is 14.8. The predicted molar refractivity (Wildman–Crippen MR) is 88.4 cm³/mol. The molecule has 0 amide bonds. The summed E-state index contributed by atoms with van der Waals surface area (Å²) in [6.45, 7) is 12.3. The number of aliphatic hydroxyl groups is 2. The molecule has 0 fully saturated rings. The van der Waals surface area contributed by atoms with Crippen LogP contribution in [0.4, 0.5) is 0 Å². The van der Waals surface area contributed by atoms with Crippen LogP contribution in [0.2, 0.25) is 0 Å². The summed E-state index contributed by atoms with van der Waals surface area (Å²) in [6.07, 6.45) is 5.41. The molecule has 0 aromatic heterocycles. The Labute approximate surface area is 134 Å². The fourth-order valence-corrected chi connectivity index (χ4v) is 4.27. The van der Waals surface area contributed by atoms with Crippen LogP contribution >= 0.6 is 0 Å². The van der Waals surface area contributed by atoms with Crippen LogP contribution in [-0.2, 0) is 4.79 Å². The van der Waals surface area contributed by atoms with Crippen molar-refractivity contribution in [3.05, 3.63) is 23.3 Å². The Bertz CT molecular complexity index is 505. The maximum absolute atomic E-state index is 13.6. The molecular weight excluding hydrogens is 276 g/mol. The zero-order valence-corrected chi connectivity index (χ0v) is 14.8. The number of Topliss-reactive ketones (excluding diaryl/α,β-unsaturated/α-hetero) is 1. The molecule has 0 spiro atoms. The summed E-state index contributed by atoms with van der Waals surface area (Å²) in [4.78, 5) is 13.6. The van der Waals surface area contributed by atoms with Crippen molar-refractivity contribution in [2.45, 2.75) is 54.4 Å². The van der Waals surface area contributed by atoms with Gasteiger partial charge in [-0.2, -0.15) is 0 Å². The third kappa shape index (κ3) is 1.91. The summed E-state index contributed by atoms with van der Waals surface area (Å²) in [7, 11) is 0. The maximum atomic E-state index is 13.6. The molecule has 0 aromatic carbocycles. The van der Waals surface area contributed by atoms with Crippen LogP contribution in [0, 0.1) is 21.7 Å². The minimum atomic E-state index is -0.518. The number of ketones is 1. The second-order valence-electron chi connectivity index (χ2n) is 8.43. The van der Waals surface area contributed by atoms with Crippen LogP contribution in [0.15, 0.2) is 23.3 Å². The summed E-state index contributed by atoms with van der Waals surface area (Å²) in [5, 5.41) is 19.2. The second-order valence-corrected chi connectivity index (χ2v) is 8.43. The van der Waals surface area contributed by atoms with E-state index in [-0.39, 0.29) is 29.8 Å². The van der Waals surface area contributed by atoms with Crippen LogP contribution in [0.5, 0.6) is 0 Å². The van der Waals surface area contributed by atoms with Gasteiger partial charge in [0, 0.05) is 21.7 Å². The normalized spacial score (nSPS) is 36.2. The molecule has 0 radical (unpaired) electrons. The van der Waals surface area contributed by atoms with E-state index in [0.717, 1.165) is 11.1 Å². The first-order valence-corrected chi connectivity index (χ1v) is 8.14. The fourth-order valence-electron chi connectivity index (χ4n) is 4.27. The van der Waals surface area contributed by atoms with Crippen molar-refractivity contribution in [3.63, 3.8) is 0 Å². The van der Waals surface area contributed by atoms with E-state index in [1.54, 1.807) is 0 Å². The molecule has 0 saturated heterocycles. The molecule has 3 nitrogen and oxygen atoms in total. The maximum Gasteiger partial charge on any atom is 0.146 e. The topological polar surface area (TPSA) is 57.5 Å². The summed E-state index contributed by atoms with van der Waals surface area (Å²) < 4.78 is 0. The molecule has 2 atom stereocenters. The van der Waals surface area contributed by atoms with Crippen molar-refractivity contribution in [3.8, 4) is 0 Å². The quantitative estimate of drug-likeness (QED) is 0.784. The van der Waals surface area contributed by atoms with Gasteiger partial charge in [-0.1, -0.05) is 53.7 Å². The third-order valence-electron chi connectivity index (χ3n) is 7.22. The standard InChI is InChI=1S/C19H30O3/c1-16(2)13(11-20)7-9-18(16,5)15(22)19(6)10-8-14(12-21)17(19,3)4/h7-8,20-21H,9-12H2,1-6H3/t18-,19-/m0/s1. The first kappa shape index (κ1) is 17.4. The van der Waals surface area contributed by atoms with Crippen molar-refractivity contribution in [2.75, 3.05) is 13.2 Å². The summed E-state index contributed by atoms with van der Waals surface area (Å²) in [5.74, 6) is 0.245. The highest BCUT2D eigenvalue weighted by atomic mass is 16.3. The van der Waals surface area contributed by atoms with E-state index in [0.29, 0.717) is 12.8 Å². The van der Waals surface area contributed by atoms with Gasteiger partial charge in [-0.25, -0.2) is 0 Å². The highest BCUT2D eigenvalue weighted by Gasteiger charge is 2.61. The molecular formula is C19H30O3. The van der Waals surface area contributed by atoms with E-state index >= 15 is 0 Å². The van der Waals surface area contributed by atoms with Gasteiger partial charge < -0.3 is 10.2 Å². The van der Waals surface area contributed by atoms with E-state index in [1.165, 1.54) is 0 Å². The SMILES string of the molecule is CC1(C)C(CO)=CC[C@@]1(C)C(=O)[C@]1(C)CC=C(CO)C1(C)C. The Morgan fingerprint density at radius 2 is 1.18 bits per heavy atom. The van der Waals surface area contributed by atoms with E-state index < -0.39 is 10.8 Å². The van der Waals surface area contributed by atoms with E-state index in [2.05, 4.69) is 27.7 Å². The van der Waals surface area contributed by atoms with Crippen molar-refractivity contribution in [1.29, 1.82) is 0 Å². The van der Waals surface area contributed by atoms with Crippen LogP contribution in [-0.4, -0.2) is 29.2 Å². The van der Waals surface area contributed by atoms with Gasteiger partial charge in [0.05, 0.1) is 13.2 Å². The number of carbonyl (C=O) groups is 1. The van der Waals surface area contributed by atoms with Crippen molar-refractivity contribution in [1.82, 2.24) is 0 Å². The fraction of sp³-hybridized carbons (Fsp3) is 0.737. The number of rotatable bonds is 4. The number of hydrogen-bond donors (Lipinski definition) is 2. The molecule has 2 aliphatic carbocycles. The lowest BCUT2D eigenvalue weighted by molar-refractivity contribution is -0.146. The first-order chi connectivity index (χ1) is 9.99. The van der Waals surface area contributed by atoms with E-state index in [9.17, 15) is 15.0 Å². The number of allylic oxidation sites excluding steroid dienone is 2. The van der Waals surface area contributed by atoms with Crippen LogP contribution < -0.4 is 0 Å². The van der Waals surface area contributed by atoms with Gasteiger partial charge in [-0.3, -0.25) is 4.79 Å². The Morgan fingerprint density at radius 3 is 1.41 bits per heavy atom. The van der Waals surface area contributed by atoms with Gasteiger partial charge >= 0.3 is 0 Å². The molecule has 22 heavy (non-hydrogen) atoms. The second kappa shape index (κ2) is 5.04. The molecule has 0 aliphatic heterocycles.